The highest BCUT2D eigenvalue weighted by Gasteiger charge is 2.10. The third kappa shape index (κ3) is 5.00. The van der Waals surface area contributed by atoms with Gasteiger partial charge in [-0.05, 0) is 61.5 Å². The summed E-state index contributed by atoms with van der Waals surface area (Å²) in [4.78, 5) is 16.3. The molecule has 0 saturated heterocycles. The molecule has 0 spiro atoms. The molecule has 0 bridgehead atoms. The van der Waals surface area contributed by atoms with Gasteiger partial charge in [-0.1, -0.05) is 54.0 Å². The molecule has 0 heterocycles. The lowest BCUT2D eigenvalue weighted by atomic mass is 10.2. The van der Waals surface area contributed by atoms with Gasteiger partial charge in [0.2, 0.25) is 0 Å². The molecule has 3 rings (SSSR count). The smallest absolute Gasteiger partial charge is 0.260 e. The number of nitrogens with one attached hydrogen (secondary N) is 1. The highest BCUT2D eigenvalue weighted by molar-refractivity contribution is 8.00. The van der Waals surface area contributed by atoms with Crippen molar-refractivity contribution in [2.45, 2.75) is 26.5 Å². The predicted octanol–water partition coefficient (Wildman–Crippen LogP) is 5.45. The summed E-state index contributed by atoms with van der Waals surface area (Å²) >= 11 is 7.11. The van der Waals surface area contributed by atoms with E-state index in [9.17, 15) is 4.79 Å². The lowest BCUT2D eigenvalue weighted by Crippen LogP contribution is -2.12. The minimum Gasteiger partial charge on any atom is -0.399 e. The summed E-state index contributed by atoms with van der Waals surface area (Å²) in [6.45, 7) is 2.06. The van der Waals surface area contributed by atoms with E-state index >= 15 is 0 Å². The van der Waals surface area contributed by atoms with Crippen molar-refractivity contribution in [1.29, 1.82) is 0 Å². The van der Waals surface area contributed by atoms with Crippen molar-refractivity contribution in [2.75, 3.05) is 5.73 Å². The quantitative estimate of drug-likeness (QED) is 0.395. The Morgan fingerprint density at radius 1 is 0.846 bits per heavy atom. The molecule has 0 aliphatic carbocycles. The third-order valence-electron chi connectivity index (χ3n) is 3.62. The average Bonchev–Trinajstić information content (AvgIpc) is 2.64. The van der Waals surface area contributed by atoms with Gasteiger partial charge in [-0.2, -0.15) is 0 Å². The molecule has 0 saturated carbocycles. The summed E-state index contributed by atoms with van der Waals surface area (Å²) in [7, 11) is 0. The topological polar surface area (TPSA) is 55.1 Å². The molecule has 0 fully saturated rings. The summed E-state index contributed by atoms with van der Waals surface area (Å²) in [5.41, 5.74) is 8.28. The van der Waals surface area contributed by atoms with Gasteiger partial charge >= 0.3 is 0 Å². The molecule has 0 aliphatic heterocycles. The molecule has 26 heavy (non-hydrogen) atoms. The molecule has 3 aromatic carbocycles. The number of nitrogens with two attached hydrogens (primary N) is 1. The molecular weight excluding hydrogens is 380 g/mol. The van der Waals surface area contributed by atoms with Gasteiger partial charge in [0.1, 0.15) is 0 Å². The van der Waals surface area contributed by atoms with Crippen LogP contribution in [0.1, 0.15) is 15.9 Å². The first-order valence-electron chi connectivity index (χ1n) is 7.91. The number of aryl methyl sites for hydroxylation is 1. The molecule has 6 heteroatoms. The van der Waals surface area contributed by atoms with Gasteiger partial charge in [-0.25, -0.2) is 0 Å². The zero-order chi connectivity index (χ0) is 18.5. The number of thiol groups is 1. The van der Waals surface area contributed by atoms with Crippen LogP contribution in [0.5, 0.6) is 0 Å². The summed E-state index contributed by atoms with van der Waals surface area (Å²) in [5.74, 6) is -0.223. The Balaban J connectivity index is 1.91. The second-order valence-electron chi connectivity index (χ2n) is 5.72. The van der Waals surface area contributed by atoms with Crippen LogP contribution >= 0.6 is 36.3 Å². The van der Waals surface area contributed by atoms with Gasteiger partial charge < -0.3 is 5.73 Å². The average molecular weight is 399 g/mol. The summed E-state index contributed by atoms with van der Waals surface area (Å²) < 4.78 is 2.40. The van der Waals surface area contributed by atoms with E-state index in [4.69, 9.17) is 5.73 Å². The van der Waals surface area contributed by atoms with Crippen molar-refractivity contribution in [1.82, 2.24) is 4.72 Å². The summed E-state index contributed by atoms with van der Waals surface area (Å²) in [5, 5.41) is 0. The predicted molar refractivity (Wildman–Crippen MR) is 113 cm³/mol. The van der Waals surface area contributed by atoms with Gasteiger partial charge in [-0.15, -0.1) is 0 Å². The molecule has 0 atom stereocenters. The number of carbonyl (C=O) groups excluding carboxylic acids is 1. The van der Waals surface area contributed by atoms with Crippen molar-refractivity contribution in [2.24, 2.45) is 0 Å². The fourth-order valence-electron chi connectivity index (χ4n) is 2.30. The largest absolute Gasteiger partial charge is 0.399 e. The molecule has 1 amide bonds. The van der Waals surface area contributed by atoms with Crippen LogP contribution in [-0.2, 0) is 0 Å². The number of carbonyl (C=O) groups is 1. The molecular formula is C20H18N2OS3. The van der Waals surface area contributed by atoms with Crippen molar-refractivity contribution < 1.29 is 4.79 Å². The first-order valence-corrected chi connectivity index (χ1v) is 9.99. The fourth-order valence-corrected chi connectivity index (χ4v) is 4.34. The minimum absolute atomic E-state index is 0.223. The second kappa shape index (κ2) is 8.58. The SMILES string of the molecule is Cc1ccc(Sc2cc(Sc3ccc(N)cc3)cc(C(=O)NS)c2)cc1. The Labute approximate surface area is 167 Å². The molecule has 0 aliphatic rings. The first-order chi connectivity index (χ1) is 12.5. The zero-order valence-corrected chi connectivity index (χ0v) is 16.6. The van der Waals surface area contributed by atoms with E-state index < -0.39 is 0 Å². The van der Waals surface area contributed by atoms with Gasteiger partial charge in [0, 0.05) is 30.8 Å². The van der Waals surface area contributed by atoms with Crippen LogP contribution in [-0.4, -0.2) is 5.91 Å². The number of amides is 1. The standard InChI is InChI=1S/C20H18N2OS3/c1-13-2-6-16(7-3-13)25-18-10-14(20(23)22-24)11-19(12-18)26-17-8-4-15(21)5-9-17/h2-12,24H,21H2,1H3,(H,22,23). The van der Waals surface area contributed by atoms with Gasteiger partial charge in [0.25, 0.3) is 5.91 Å². The summed E-state index contributed by atoms with van der Waals surface area (Å²) in [6, 6.07) is 21.8. The van der Waals surface area contributed by atoms with Crippen molar-refractivity contribution in [3.63, 3.8) is 0 Å². The lowest BCUT2D eigenvalue weighted by Gasteiger charge is -2.09. The van der Waals surface area contributed by atoms with E-state index in [2.05, 4.69) is 54.8 Å². The van der Waals surface area contributed by atoms with Crippen molar-refractivity contribution in [3.05, 3.63) is 77.9 Å². The number of anilines is 1. The monoisotopic (exact) mass is 398 g/mol. The number of benzene rings is 3. The van der Waals surface area contributed by atoms with Crippen LogP contribution in [0.25, 0.3) is 0 Å². The highest BCUT2D eigenvalue weighted by Crippen LogP contribution is 2.35. The van der Waals surface area contributed by atoms with Gasteiger partial charge in [0.15, 0.2) is 0 Å². The van der Waals surface area contributed by atoms with Crippen LogP contribution in [0.2, 0.25) is 0 Å². The number of hydrogen-bond acceptors (Lipinski definition) is 5. The summed E-state index contributed by atoms with van der Waals surface area (Å²) in [6.07, 6.45) is 0. The van der Waals surface area contributed by atoms with E-state index in [0.29, 0.717) is 5.56 Å². The molecule has 0 aromatic heterocycles. The zero-order valence-electron chi connectivity index (χ0n) is 14.1. The molecule has 3 N–H and O–H groups in total. The maximum Gasteiger partial charge on any atom is 0.260 e. The Bertz CT molecular complexity index is 844. The highest BCUT2D eigenvalue weighted by atomic mass is 32.2. The second-order valence-corrected chi connectivity index (χ2v) is 8.24. The number of hydrogen-bond donors (Lipinski definition) is 3. The molecule has 0 radical (unpaired) electrons. The van der Waals surface area contributed by atoms with E-state index in [0.717, 1.165) is 25.3 Å². The van der Waals surface area contributed by atoms with Crippen LogP contribution in [0.4, 0.5) is 5.69 Å². The van der Waals surface area contributed by atoms with Crippen molar-refractivity contribution in [3.8, 4) is 0 Å². The Hall–Kier alpha value is -2.02. The lowest BCUT2D eigenvalue weighted by molar-refractivity contribution is 0.0984. The molecule has 0 unspecified atom stereocenters. The third-order valence-corrected chi connectivity index (χ3v) is 5.78. The van der Waals surface area contributed by atoms with Crippen LogP contribution in [0, 0.1) is 6.92 Å². The molecule has 3 aromatic rings. The molecule has 132 valence electrons. The van der Waals surface area contributed by atoms with Crippen LogP contribution < -0.4 is 10.5 Å². The van der Waals surface area contributed by atoms with Gasteiger partial charge in [0.05, 0.1) is 0 Å². The van der Waals surface area contributed by atoms with Gasteiger partial charge in [-0.3, -0.25) is 9.52 Å². The van der Waals surface area contributed by atoms with Crippen LogP contribution in [0.15, 0.2) is 86.3 Å². The van der Waals surface area contributed by atoms with E-state index in [1.165, 1.54) is 5.56 Å². The number of nitrogen functional groups attached to an aromatic ring is 1. The van der Waals surface area contributed by atoms with E-state index in [1.807, 2.05) is 36.4 Å². The van der Waals surface area contributed by atoms with Crippen LogP contribution in [0.3, 0.4) is 0 Å². The van der Waals surface area contributed by atoms with E-state index in [1.54, 1.807) is 23.5 Å². The fraction of sp³-hybridized carbons (Fsp3) is 0.0500. The minimum atomic E-state index is -0.223. The maximum absolute atomic E-state index is 12.1. The Kier molecular flexibility index (Phi) is 6.19. The maximum atomic E-state index is 12.1. The van der Waals surface area contributed by atoms with Crippen molar-refractivity contribution >= 4 is 47.9 Å². The Morgan fingerprint density at radius 2 is 1.35 bits per heavy atom. The number of rotatable bonds is 5. The Morgan fingerprint density at radius 3 is 1.85 bits per heavy atom. The van der Waals surface area contributed by atoms with E-state index in [-0.39, 0.29) is 5.91 Å². The first kappa shape index (κ1) is 18.8. The normalized spacial score (nSPS) is 10.5. The molecule has 3 nitrogen and oxygen atoms in total.